The van der Waals surface area contributed by atoms with Crippen LogP contribution in [0.1, 0.15) is 122 Å². The minimum absolute atomic E-state index is 0. The average molecular weight is 899 g/mol. The van der Waals surface area contributed by atoms with Gasteiger partial charge in [0, 0.05) is 37.9 Å². The zero-order chi connectivity index (χ0) is 39.6. The molecule has 5 nitrogen and oxygen atoms in total. The molecular weight excluding hydrogens is 846 g/mol. The molecule has 6 aromatic rings. The Morgan fingerprint density at radius 2 is 1.57 bits per heavy atom. The Balaban J connectivity index is 0.00000480. The van der Waals surface area contributed by atoms with E-state index in [4.69, 9.17) is 19.5 Å². The summed E-state index contributed by atoms with van der Waals surface area (Å²) in [5.41, 5.74) is 7.33. The normalized spacial score (nSPS) is 20.9. The Hall–Kier alpha value is -4.21. The molecule has 0 saturated carbocycles. The summed E-state index contributed by atoms with van der Waals surface area (Å²) in [7, 11) is 0. The Kier molecular flexibility index (Phi) is 8.50. The number of ether oxygens (including phenoxy) is 2. The van der Waals surface area contributed by atoms with E-state index in [2.05, 4.69) is 108 Å². The van der Waals surface area contributed by atoms with Crippen LogP contribution in [-0.2, 0) is 48.6 Å². The van der Waals surface area contributed by atoms with Crippen LogP contribution in [0.25, 0.3) is 27.6 Å². The van der Waals surface area contributed by atoms with Gasteiger partial charge in [-0.1, -0.05) is 103 Å². The minimum Gasteiger partial charge on any atom is -0.508 e. The van der Waals surface area contributed by atoms with Crippen LogP contribution in [0.4, 0.5) is 0 Å². The largest absolute Gasteiger partial charge is 2.00 e. The van der Waals surface area contributed by atoms with E-state index in [1.807, 2.05) is 64.2 Å². The molecule has 3 heterocycles. The molecular formula is C48H51N3O2Pt. The third-order valence-corrected chi connectivity index (χ3v) is 11.5. The van der Waals surface area contributed by atoms with Crippen molar-refractivity contribution in [1.29, 1.82) is 0 Å². The molecule has 1 aliphatic heterocycles. The number of aryl methyl sites for hydroxylation is 1. The van der Waals surface area contributed by atoms with Crippen molar-refractivity contribution < 1.29 is 33.3 Å². The van der Waals surface area contributed by atoms with Crippen molar-refractivity contribution in [3.05, 3.63) is 130 Å². The molecule has 2 aliphatic rings. The zero-order valence-corrected chi connectivity index (χ0v) is 35.8. The molecule has 0 bridgehead atoms. The Bertz CT molecular complexity index is 2590. The number of aromatic nitrogens is 2. The molecule has 2 atom stereocenters. The first-order valence-electron chi connectivity index (χ1n) is 19.8. The topological polar surface area (TPSA) is 48.6 Å². The van der Waals surface area contributed by atoms with Gasteiger partial charge in [0.15, 0.2) is 0 Å². The van der Waals surface area contributed by atoms with Gasteiger partial charge in [0.1, 0.15) is 17.3 Å². The van der Waals surface area contributed by atoms with Crippen molar-refractivity contribution in [2.24, 2.45) is 4.99 Å². The van der Waals surface area contributed by atoms with Crippen LogP contribution in [0, 0.1) is 26.0 Å². The van der Waals surface area contributed by atoms with Crippen LogP contribution in [0.2, 0.25) is 0 Å². The molecule has 4 aromatic carbocycles. The maximum atomic E-state index is 9.41. The van der Waals surface area contributed by atoms with Crippen LogP contribution in [0.5, 0.6) is 11.5 Å². The molecule has 1 aliphatic carbocycles. The molecule has 6 heteroatoms. The molecule has 0 amide bonds. The molecule has 280 valence electrons. The monoisotopic (exact) mass is 898 g/mol. The number of fused-ring (bicyclic) bond motifs is 6. The molecule has 8 rings (SSSR count). The second-order valence-electron chi connectivity index (χ2n) is 17.7. The van der Waals surface area contributed by atoms with Crippen molar-refractivity contribution in [2.45, 2.75) is 117 Å². The second-order valence-corrected chi connectivity index (χ2v) is 17.7. The van der Waals surface area contributed by atoms with E-state index in [1.165, 1.54) is 11.1 Å². The van der Waals surface area contributed by atoms with Crippen molar-refractivity contribution >= 4 is 27.7 Å². The summed E-state index contributed by atoms with van der Waals surface area (Å²) in [5, 5.41) is 2.21. The second kappa shape index (κ2) is 12.9. The van der Waals surface area contributed by atoms with Gasteiger partial charge in [-0.25, -0.2) is 4.98 Å². The first-order valence-corrected chi connectivity index (χ1v) is 18.8. The molecule has 0 spiro atoms. The summed E-state index contributed by atoms with van der Waals surface area (Å²) in [4.78, 5) is 9.96. The Morgan fingerprint density at radius 3 is 2.28 bits per heavy atom. The van der Waals surface area contributed by atoms with Gasteiger partial charge in [0.2, 0.25) is 0 Å². The van der Waals surface area contributed by atoms with Gasteiger partial charge in [-0.15, -0.1) is 29.1 Å². The fourth-order valence-electron chi connectivity index (χ4n) is 7.71. The fraction of sp³-hybridized carbons (Fsp3) is 0.375. The van der Waals surface area contributed by atoms with Gasteiger partial charge in [0.05, 0.1) is 5.54 Å². The Morgan fingerprint density at radius 1 is 0.852 bits per heavy atom. The van der Waals surface area contributed by atoms with Gasteiger partial charge in [0.25, 0.3) is 0 Å². The van der Waals surface area contributed by atoms with Crippen LogP contribution in [0.3, 0.4) is 0 Å². The molecule has 0 radical (unpaired) electrons. The summed E-state index contributed by atoms with van der Waals surface area (Å²) in [6.45, 7) is 25.5. The van der Waals surface area contributed by atoms with E-state index in [9.17, 15) is 2.74 Å². The van der Waals surface area contributed by atoms with Gasteiger partial charge in [-0.3, -0.25) is 4.99 Å². The first kappa shape index (κ1) is 35.5. The maximum absolute atomic E-state index is 9.41. The van der Waals surface area contributed by atoms with Gasteiger partial charge in [-0.2, -0.15) is 6.07 Å². The van der Waals surface area contributed by atoms with E-state index >= 15 is 0 Å². The number of aliphatic imine (C=N–C) groups is 1. The third kappa shape index (κ3) is 6.12. The van der Waals surface area contributed by atoms with Crippen molar-refractivity contribution in [3.8, 4) is 17.3 Å². The zero-order valence-electron chi connectivity index (χ0n) is 35.5. The van der Waals surface area contributed by atoms with E-state index in [1.54, 1.807) is 0 Å². The molecule has 2 aromatic heterocycles. The van der Waals surface area contributed by atoms with Crippen LogP contribution < -0.4 is 4.74 Å². The SMILES string of the molecule is [2H]C1([2H])c2c(ccc(C)c2C)[C@]2(C)OC(c3[c-]c(Oc4[c-]c5c(cc4)c4cc(C(C)(C)C)ccc4n5-c4cc(C(C)(C)C)ccn4)cc(C(C)C)c3)=N[C@]12C.[Pt+2]. The summed E-state index contributed by atoms with van der Waals surface area (Å²) in [6.07, 6.45) is 0.141. The Labute approximate surface area is 338 Å². The van der Waals surface area contributed by atoms with Crippen molar-refractivity contribution in [2.75, 3.05) is 0 Å². The average Bonchev–Trinajstić information content (AvgIpc) is 3.63. The first-order chi connectivity index (χ1) is 25.6. The predicted octanol–water partition coefficient (Wildman–Crippen LogP) is 11.9. The van der Waals surface area contributed by atoms with E-state index < -0.39 is 17.5 Å². The summed E-state index contributed by atoms with van der Waals surface area (Å²) in [6, 6.07) is 30.2. The number of pyridine rings is 1. The standard InChI is InChI=1S/C48H51N3O2.Pt/c1-28(2)31-21-32(44-50-47(11)27-39-30(4)29(3)13-17-40(39)48(47,12)53-44)23-36(22-31)52-35-15-16-37-38-24-33(45(5,6)7)14-18-41(38)51(42(37)26-35)43-25-34(19-20-49-43)46(8,9)10;/h13-22,24-25,28H,27H2,1-12H3;/q-2;+2/t47-,48+;/m1./s1/i27D2;. The van der Waals surface area contributed by atoms with Crippen molar-refractivity contribution in [3.63, 3.8) is 0 Å². The third-order valence-electron chi connectivity index (χ3n) is 11.5. The van der Waals surface area contributed by atoms with Gasteiger partial charge in [-0.05, 0) is 95.8 Å². The number of rotatable bonds is 5. The molecule has 54 heavy (non-hydrogen) atoms. The van der Waals surface area contributed by atoms with Crippen LogP contribution in [-0.4, -0.2) is 21.0 Å². The molecule has 0 saturated heterocycles. The molecule has 0 fully saturated rings. The van der Waals surface area contributed by atoms with Crippen LogP contribution in [0.15, 0.2) is 77.9 Å². The van der Waals surface area contributed by atoms with E-state index in [0.29, 0.717) is 28.5 Å². The fourth-order valence-corrected chi connectivity index (χ4v) is 7.71. The van der Waals surface area contributed by atoms with E-state index in [0.717, 1.165) is 49.9 Å². The summed E-state index contributed by atoms with van der Waals surface area (Å²) >= 11 is 0. The van der Waals surface area contributed by atoms with Crippen molar-refractivity contribution in [1.82, 2.24) is 9.55 Å². The van der Waals surface area contributed by atoms with Gasteiger partial charge >= 0.3 is 21.1 Å². The number of hydrogen-bond acceptors (Lipinski definition) is 4. The van der Waals surface area contributed by atoms with Crippen LogP contribution >= 0.6 is 0 Å². The quantitative estimate of drug-likeness (QED) is 0.162. The number of nitrogens with zero attached hydrogens (tertiary/aromatic N) is 3. The molecule has 0 N–H and O–H groups in total. The maximum Gasteiger partial charge on any atom is 2.00 e. The number of hydrogen-bond donors (Lipinski definition) is 0. The van der Waals surface area contributed by atoms with E-state index in [-0.39, 0.29) is 37.8 Å². The minimum atomic E-state index is -1.75. The summed E-state index contributed by atoms with van der Waals surface area (Å²) in [5.74, 6) is 2.42. The molecule has 0 unspecified atom stereocenters. The number of benzene rings is 4. The predicted molar refractivity (Wildman–Crippen MR) is 217 cm³/mol. The van der Waals surface area contributed by atoms with Gasteiger partial charge < -0.3 is 14.0 Å². The smallest absolute Gasteiger partial charge is 0.508 e. The summed E-state index contributed by atoms with van der Waals surface area (Å²) < 4.78 is 34.5.